The van der Waals surface area contributed by atoms with Gasteiger partial charge in [0.05, 0.1) is 16.6 Å². The predicted octanol–water partition coefficient (Wildman–Crippen LogP) is 4.94. The molecule has 2 aromatic carbocycles. The van der Waals surface area contributed by atoms with Crippen LogP contribution in [0.3, 0.4) is 0 Å². The lowest BCUT2D eigenvalue weighted by molar-refractivity contribution is -0.118. The fourth-order valence-electron chi connectivity index (χ4n) is 4.15. The van der Waals surface area contributed by atoms with Gasteiger partial charge in [-0.25, -0.2) is 0 Å². The lowest BCUT2D eigenvalue weighted by atomic mass is 9.75. The normalized spacial score (nSPS) is 23.3. The minimum Gasteiger partial charge on any atom is -0.335 e. The molecule has 0 saturated carbocycles. The molecule has 1 atom stereocenters. The summed E-state index contributed by atoms with van der Waals surface area (Å²) in [6, 6.07) is 12.0. The van der Waals surface area contributed by atoms with Crippen molar-refractivity contribution in [1.82, 2.24) is 5.32 Å². The standard InChI is InChI=1S/C21H20Cl2N2O/c1-13-7-8-17-15(11-13)20(2,3)21(24-18(26)12-25(17)21)10-9-14-5-4-6-16(22)19(14)23/h4-11H,12H2,1-3H3,(H,24,26)/b10-9+/t21-/m0/s1. The number of rotatable bonds is 2. The van der Waals surface area contributed by atoms with Crippen LogP contribution in [-0.2, 0) is 10.2 Å². The lowest BCUT2D eigenvalue weighted by Gasteiger charge is -2.40. The molecule has 0 spiro atoms. The number of aryl methyl sites for hydroxylation is 1. The molecule has 1 saturated heterocycles. The van der Waals surface area contributed by atoms with Crippen molar-refractivity contribution >= 4 is 40.9 Å². The van der Waals surface area contributed by atoms with Crippen LogP contribution in [0.15, 0.2) is 42.5 Å². The average Bonchev–Trinajstić information content (AvgIpc) is 3.01. The first kappa shape index (κ1) is 17.4. The summed E-state index contributed by atoms with van der Waals surface area (Å²) in [4.78, 5) is 14.5. The smallest absolute Gasteiger partial charge is 0.241 e. The Labute approximate surface area is 163 Å². The third kappa shape index (κ3) is 2.30. The van der Waals surface area contributed by atoms with Crippen molar-refractivity contribution in [3.8, 4) is 0 Å². The van der Waals surface area contributed by atoms with E-state index in [-0.39, 0.29) is 11.3 Å². The molecule has 4 rings (SSSR count). The van der Waals surface area contributed by atoms with Crippen LogP contribution in [0.25, 0.3) is 6.08 Å². The van der Waals surface area contributed by atoms with Crippen LogP contribution in [0.2, 0.25) is 10.0 Å². The zero-order valence-corrected chi connectivity index (χ0v) is 16.4. The fourth-order valence-corrected chi connectivity index (χ4v) is 4.52. The number of hydrogen-bond acceptors (Lipinski definition) is 2. The van der Waals surface area contributed by atoms with Gasteiger partial charge in [-0.2, -0.15) is 0 Å². The SMILES string of the molecule is Cc1ccc2c(c1)C(C)(C)[C@@]1(/C=C/c3cccc(Cl)c3Cl)NC(=O)CN21. The summed E-state index contributed by atoms with van der Waals surface area (Å²) in [5, 5.41) is 4.25. The van der Waals surface area contributed by atoms with Crippen molar-refractivity contribution in [3.63, 3.8) is 0 Å². The number of hydrogen-bond donors (Lipinski definition) is 1. The molecule has 134 valence electrons. The summed E-state index contributed by atoms with van der Waals surface area (Å²) >= 11 is 12.5. The summed E-state index contributed by atoms with van der Waals surface area (Å²) in [5.74, 6) is 0.0196. The predicted molar refractivity (Wildman–Crippen MR) is 108 cm³/mol. The molecular weight excluding hydrogens is 367 g/mol. The number of fused-ring (bicyclic) bond motifs is 3. The maximum absolute atomic E-state index is 12.3. The third-order valence-electron chi connectivity index (χ3n) is 5.61. The number of nitrogens with one attached hydrogen (secondary N) is 1. The Morgan fingerprint density at radius 1 is 1.19 bits per heavy atom. The van der Waals surface area contributed by atoms with Gasteiger partial charge in [-0.3, -0.25) is 4.79 Å². The first-order valence-corrected chi connectivity index (χ1v) is 9.35. The van der Waals surface area contributed by atoms with E-state index in [1.54, 1.807) is 6.07 Å². The van der Waals surface area contributed by atoms with Gasteiger partial charge < -0.3 is 10.2 Å². The Hall–Kier alpha value is -1.97. The molecular formula is C21H20Cl2N2O. The summed E-state index contributed by atoms with van der Waals surface area (Å²) in [5.41, 5.74) is 3.44. The Morgan fingerprint density at radius 3 is 2.73 bits per heavy atom. The van der Waals surface area contributed by atoms with Gasteiger partial charge in [0.25, 0.3) is 0 Å². The molecule has 0 radical (unpaired) electrons. The van der Waals surface area contributed by atoms with Crippen LogP contribution in [0, 0.1) is 6.92 Å². The molecule has 1 amide bonds. The Morgan fingerprint density at radius 2 is 1.96 bits per heavy atom. The van der Waals surface area contributed by atoms with E-state index in [1.807, 2.05) is 24.3 Å². The van der Waals surface area contributed by atoms with Gasteiger partial charge in [0.1, 0.15) is 5.66 Å². The summed E-state index contributed by atoms with van der Waals surface area (Å²) in [6.45, 7) is 6.77. The number of nitrogens with zero attached hydrogens (tertiary/aromatic N) is 1. The number of carbonyl (C=O) groups excluding carboxylic acids is 1. The van der Waals surface area contributed by atoms with E-state index >= 15 is 0 Å². The molecule has 2 heterocycles. The molecule has 0 bridgehead atoms. The van der Waals surface area contributed by atoms with Gasteiger partial charge in [0.2, 0.25) is 5.91 Å². The molecule has 2 aliphatic rings. The average molecular weight is 387 g/mol. The van der Waals surface area contributed by atoms with Crippen molar-refractivity contribution in [2.24, 2.45) is 0 Å². The van der Waals surface area contributed by atoms with Gasteiger partial charge in [-0.1, -0.05) is 73.0 Å². The molecule has 26 heavy (non-hydrogen) atoms. The van der Waals surface area contributed by atoms with E-state index in [0.29, 0.717) is 16.6 Å². The topological polar surface area (TPSA) is 32.3 Å². The van der Waals surface area contributed by atoms with Crippen LogP contribution in [-0.4, -0.2) is 18.1 Å². The minimum atomic E-state index is -0.633. The maximum atomic E-state index is 12.3. The molecule has 1 fully saturated rings. The van der Waals surface area contributed by atoms with Crippen molar-refractivity contribution in [3.05, 3.63) is 69.2 Å². The van der Waals surface area contributed by atoms with E-state index in [4.69, 9.17) is 23.2 Å². The van der Waals surface area contributed by atoms with Crippen LogP contribution in [0.5, 0.6) is 0 Å². The summed E-state index contributed by atoms with van der Waals surface area (Å²) in [7, 11) is 0. The highest BCUT2D eigenvalue weighted by atomic mass is 35.5. The number of amides is 1. The number of carbonyl (C=O) groups is 1. The zero-order chi connectivity index (χ0) is 18.7. The van der Waals surface area contributed by atoms with Crippen molar-refractivity contribution in [2.75, 3.05) is 11.4 Å². The van der Waals surface area contributed by atoms with Gasteiger partial charge in [0.15, 0.2) is 0 Å². The van der Waals surface area contributed by atoms with Gasteiger partial charge >= 0.3 is 0 Å². The number of anilines is 1. The summed E-state index contributed by atoms with van der Waals surface area (Å²) in [6.07, 6.45) is 4.00. The highest BCUT2D eigenvalue weighted by Crippen LogP contribution is 2.53. The van der Waals surface area contributed by atoms with E-state index < -0.39 is 5.66 Å². The van der Waals surface area contributed by atoms with Gasteiger partial charge in [0, 0.05) is 11.1 Å². The highest BCUT2D eigenvalue weighted by Gasteiger charge is 2.59. The monoisotopic (exact) mass is 386 g/mol. The van der Waals surface area contributed by atoms with Crippen LogP contribution >= 0.6 is 23.2 Å². The quantitative estimate of drug-likeness (QED) is 0.792. The van der Waals surface area contributed by atoms with E-state index in [9.17, 15) is 4.79 Å². The van der Waals surface area contributed by atoms with E-state index in [2.05, 4.69) is 49.2 Å². The molecule has 0 unspecified atom stereocenters. The maximum Gasteiger partial charge on any atom is 0.241 e. The third-order valence-corrected chi connectivity index (χ3v) is 6.45. The molecule has 2 aliphatic heterocycles. The van der Waals surface area contributed by atoms with E-state index in [0.717, 1.165) is 11.3 Å². The van der Waals surface area contributed by atoms with Crippen molar-refractivity contribution < 1.29 is 4.79 Å². The minimum absolute atomic E-state index is 0.0196. The number of benzene rings is 2. The van der Waals surface area contributed by atoms with Crippen LogP contribution in [0.1, 0.15) is 30.5 Å². The molecule has 0 aromatic heterocycles. The Balaban J connectivity index is 1.86. The van der Waals surface area contributed by atoms with Crippen LogP contribution < -0.4 is 10.2 Å². The molecule has 5 heteroatoms. The summed E-state index contributed by atoms with van der Waals surface area (Å²) < 4.78 is 0. The Bertz CT molecular complexity index is 951. The fraction of sp³-hybridized carbons (Fsp3) is 0.286. The second-order valence-corrected chi connectivity index (χ2v) is 8.31. The first-order chi connectivity index (χ1) is 12.3. The second kappa shape index (κ2) is 5.77. The first-order valence-electron chi connectivity index (χ1n) is 8.59. The molecule has 1 N–H and O–H groups in total. The second-order valence-electron chi connectivity index (χ2n) is 7.52. The number of halogens is 2. The molecule has 0 aliphatic carbocycles. The zero-order valence-electron chi connectivity index (χ0n) is 14.9. The molecule has 3 nitrogen and oxygen atoms in total. The van der Waals surface area contributed by atoms with Crippen molar-refractivity contribution in [2.45, 2.75) is 31.8 Å². The van der Waals surface area contributed by atoms with Crippen molar-refractivity contribution in [1.29, 1.82) is 0 Å². The van der Waals surface area contributed by atoms with E-state index in [1.165, 1.54) is 11.1 Å². The van der Waals surface area contributed by atoms with Gasteiger partial charge in [-0.15, -0.1) is 0 Å². The molecule has 2 aromatic rings. The lowest BCUT2D eigenvalue weighted by Crippen LogP contribution is -2.58. The largest absolute Gasteiger partial charge is 0.335 e. The Kier molecular flexibility index (Phi) is 3.87. The van der Waals surface area contributed by atoms with Crippen LogP contribution in [0.4, 0.5) is 5.69 Å². The highest BCUT2D eigenvalue weighted by molar-refractivity contribution is 6.42. The van der Waals surface area contributed by atoms with Gasteiger partial charge in [-0.05, 0) is 36.3 Å².